The Morgan fingerprint density at radius 1 is 1.24 bits per heavy atom. The molecule has 0 bridgehead atoms. The largest absolute Gasteiger partial charge is 0.358 e. The number of hydrogen-bond acceptors (Lipinski definition) is 1. The molecule has 1 unspecified atom stereocenters. The molecule has 128 valence electrons. The Labute approximate surface area is 156 Å². The minimum absolute atomic E-state index is 0.186. The summed E-state index contributed by atoms with van der Waals surface area (Å²) in [5.74, 6) is 0.186. The Hall–Kier alpha value is -2.07. The predicted molar refractivity (Wildman–Crippen MR) is 105 cm³/mol. The molecule has 0 saturated carbocycles. The van der Waals surface area contributed by atoms with Crippen LogP contribution in [0.3, 0.4) is 0 Å². The van der Waals surface area contributed by atoms with E-state index in [0.29, 0.717) is 6.42 Å². The van der Waals surface area contributed by atoms with Gasteiger partial charge in [0.25, 0.3) is 0 Å². The molecule has 0 spiro atoms. The zero-order valence-electron chi connectivity index (χ0n) is 14.3. The summed E-state index contributed by atoms with van der Waals surface area (Å²) in [5, 5.41) is 1.30. The lowest BCUT2D eigenvalue weighted by atomic mass is 9.90. The summed E-state index contributed by atoms with van der Waals surface area (Å²) < 4.78 is 1.02. The third-order valence-electron chi connectivity index (χ3n) is 5.25. The number of fused-ring (bicyclic) bond motifs is 3. The van der Waals surface area contributed by atoms with E-state index in [2.05, 4.69) is 45.2 Å². The van der Waals surface area contributed by atoms with Crippen LogP contribution in [-0.2, 0) is 24.1 Å². The Kier molecular flexibility index (Phi) is 4.38. The quantitative estimate of drug-likeness (QED) is 0.695. The summed E-state index contributed by atoms with van der Waals surface area (Å²) in [4.78, 5) is 18.2. The molecule has 1 heterocycles. The maximum atomic E-state index is 12.7. The van der Waals surface area contributed by atoms with Crippen LogP contribution >= 0.6 is 15.9 Å². The number of benzene rings is 2. The van der Waals surface area contributed by atoms with E-state index in [9.17, 15) is 4.79 Å². The van der Waals surface area contributed by atoms with Crippen molar-refractivity contribution in [3.8, 4) is 0 Å². The number of nitrogens with zero attached hydrogens (tertiary/aromatic N) is 1. The number of H-pyrrole nitrogens is 1. The lowest BCUT2D eigenvalue weighted by Crippen LogP contribution is -2.41. The van der Waals surface area contributed by atoms with Crippen LogP contribution in [-0.4, -0.2) is 28.9 Å². The van der Waals surface area contributed by atoms with Crippen molar-refractivity contribution in [3.63, 3.8) is 0 Å². The van der Waals surface area contributed by atoms with Crippen molar-refractivity contribution in [3.05, 3.63) is 69.8 Å². The zero-order valence-corrected chi connectivity index (χ0v) is 15.8. The van der Waals surface area contributed by atoms with Gasteiger partial charge in [-0.25, -0.2) is 0 Å². The van der Waals surface area contributed by atoms with Crippen LogP contribution in [0.5, 0.6) is 0 Å². The lowest BCUT2D eigenvalue weighted by molar-refractivity contribution is -0.131. The molecule has 1 aliphatic rings. The van der Waals surface area contributed by atoms with Gasteiger partial charge >= 0.3 is 0 Å². The molecule has 1 aromatic heterocycles. The molecule has 3 aromatic rings. The van der Waals surface area contributed by atoms with Crippen molar-refractivity contribution in [2.45, 2.75) is 31.7 Å². The highest BCUT2D eigenvalue weighted by Gasteiger charge is 2.27. The van der Waals surface area contributed by atoms with Crippen LogP contribution in [0.25, 0.3) is 10.9 Å². The maximum Gasteiger partial charge on any atom is 0.226 e. The molecule has 4 heteroatoms. The minimum atomic E-state index is 0.186. The molecule has 0 fully saturated rings. The topological polar surface area (TPSA) is 36.1 Å². The van der Waals surface area contributed by atoms with E-state index in [1.807, 2.05) is 36.2 Å². The highest BCUT2D eigenvalue weighted by atomic mass is 79.9. The van der Waals surface area contributed by atoms with Gasteiger partial charge < -0.3 is 9.88 Å². The van der Waals surface area contributed by atoms with Crippen molar-refractivity contribution in [2.75, 3.05) is 7.05 Å². The molecule has 25 heavy (non-hydrogen) atoms. The number of aryl methyl sites for hydroxylation is 1. The van der Waals surface area contributed by atoms with Gasteiger partial charge in [-0.2, -0.15) is 0 Å². The molecule has 1 atom stereocenters. The summed E-state index contributed by atoms with van der Waals surface area (Å²) in [7, 11) is 1.95. The summed E-state index contributed by atoms with van der Waals surface area (Å²) in [6.07, 6.45) is 3.40. The number of para-hydroxylation sites is 1. The van der Waals surface area contributed by atoms with Gasteiger partial charge in [0.15, 0.2) is 0 Å². The first-order valence-electron chi connectivity index (χ1n) is 8.70. The van der Waals surface area contributed by atoms with Crippen molar-refractivity contribution in [1.29, 1.82) is 0 Å². The second-order valence-electron chi connectivity index (χ2n) is 6.84. The molecule has 4 rings (SSSR count). The Balaban J connectivity index is 1.51. The van der Waals surface area contributed by atoms with Gasteiger partial charge in [-0.15, -0.1) is 0 Å². The third kappa shape index (κ3) is 3.23. The first kappa shape index (κ1) is 16.4. The fourth-order valence-corrected chi connectivity index (χ4v) is 4.28. The molecular formula is C21H21BrN2O. The SMILES string of the molecule is CN(C(=O)Cc1cccc(Br)c1)C1CCc2[nH]c3ccccc3c2C1. The second kappa shape index (κ2) is 6.68. The lowest BCUT2D eigenvalue weighted by Gasteiger charge is -2.31. The van der Waals surface area contributed by atoms with Crippen LogP contribution in [0.2, 0.25) is 0 Å². The van der Waals surface area contributed by atoms with E-state index in [1.165, 1.54) is 22.2 Å². The van der Waals surface area contributed by atoms with Crippen molar-refractivity contribution in [2.24, 2.45) is 0 Å². The molecule has 1 amide bonds. The minimum Gasteiger partial charge on any atom is -0.358 e. The highest BCUT2D eigenvalue weighted by Crippen LogP contribution is 2.30. The normalized spacial score (nSPS) is 16.6. The maximum absolute atomic E-state index is 12.7. The van der Waals surface area contributed by atoms with Crippen molar-refractivity contribution < 1.29 is 4.79 Å². The number of carbonyl (C=O) groups is 1. The zero-order chi connectivity index (χ0) is 17.4. The van der Waals surface area contributed by atoms with Gasteiger partial charge in [0.1, 0.15) is 0 Å². The van der Waals surface area contributed by atoms with Crippen LogP contribution in [0, 0.1) is 0 Å². The first-order chi connectivity index (χ1) is 12.1. The molecule has 0 radical (unpaired) electrons. The molecule has 3 nitrogen and oxygen atoms in total. The van der Waals surface area contributed by atoms with Gasteiger partial charge in [-0.1, -0.05) is 46.3 Å². The fourth-order valence-electron chi connectivity index (χ4n) is 3.83. The highest BCUT2D eigenvalue weighted by molar-refractivity contribution is 9.10. The third-order valence-corrected chi connectivity index (χ3v) is 5.75. The number of carbonyl (C=O) groups excluding carboxylic acids is 1. The number of aromatic nitrogens is 1. The van der Waals surface area contributed by atoms with Gasteiger partial charge in [-0.05, 0) is 48.6 Å². The number of amides is 1. The Morgan fingerprint density at radius 3 is 2.92 bits per heavy atom. The number of nitrogens with one attached hydrogen (secondary N) is 1. The average Bonchev–Trinajstić information content (AvgIpc) is 2.99. The number of hydrogen-bond donors (Lipinski definition) is 1. The smallest absolute Gasteiger partial charge is 0.226 e. The first-order valence-corrected chi connectivity index (χ1v) is 9.49. The number of halogens is 1. The van der Waals surface area contributed by atoms with Crippen LogP contribution in [0.1, 0.15) is 23.2 Å². The van der Waals surface area contributed by atoms with E-state index in [1.54, 1.807) is 0 Å². The molecule has 1 N–H and O–H groups in total. The number of likely N-dealkylation sites (N-methyl/N-ethyl adjacent to an activating group) is 1. The van der Waals surface area contributed by atoms with Gasteiger partial charge in [-0.3, -0.25) is 4.79 Å². The van der Waals surface area contributed by atoms with E-state index in [-0.39, 0.29) is 11.9 Å². The molecular weight excluding hydrogens is 376 g/mol. The Morgan fingerprint density at radius 2 is 2.08 bits per heavy atom. The summed E-state index contributed by atoms with van der Waals surface area (Å²) in [6, 6.07) is 16.7. The summed E-state index contributed by atoms with van der Waals surface area (Å²) >= 11 is 3.47. The average molecular weight is 397 g/mol. The number of aromatic amines is 1. The standard InChI is InChI=1S/C21H21BrN2O/c1-24(21(25)12-14-5-4-6-15(22)11-14)16-9-10-20-18(13-16)17-7-2-3-8-19(17)23-20/h2-8,11,16,23H,9-10,12-13H2,1H3. The van der Waals surface area contributed by atoms with Gasteiger partial charge in [0.05, 0.1) is 6.42 Å². The van der Waals surface area contributed by atoms with Crippen LogP contribution in [0.4, 0.5) is 0 Å². The fraction of sp³-hybridized carbons (Fsp3) is 0.286. The monoisotopic (exact) mass is 396 g/mol. The van der Waals surface area contributed by atoms with Crippen molar-refractivity contribution >= 4 is 32.7 Å². The number of rotatable bonds is 3. The second-order valence-corrected chi connectivity index (χ2v) is 7.75. The van der Waals surface area contributed by atoms with Crippen LogP contribution < -0.4 is 0 Å². The van der Waals surface area contributed by atoms with Crippen LogP contribution in [0.15, 0.2) is 53.0 Å². The van der Waals surface area contributed by atoms with E-state index >= 15 is 0 Å². The molecule has 0 aliphatic heterocycles. The molecule has 1 aliphatic carbocycles. The molecule has 0 saturated heterocycles. The van der Waals surface area contributed by atoms with E-state index < -0.39 is 0 Å². The molecule has 2 aromatic carbocycles. The summed E-state index contributed by atoms with van der Waals surface area (Å²) in [5.41, 5.74) is 4.98. The van der Waals surface area contributed by atoms with Gasteiger partial charge in [0.2, 0.25) is 5.91 Å². The van der Waals surface area contributed by atoms with Gasteiger partial charge in [0, 0.05) is 34.2 Å². The summed E-state index contributed by atoms with van der Waals surface area (Å²) in [6.45, 7) is 0. The van der Waals surface area contributed by atoms with E-state index in [4.69, 9.17) is 0 Å². The Bertz CT molecular complexity index is 931. The van der Waals surface area contributed by atoms with Crippen molar-refractivity contribution in [1.82, 2.24) is 9.88 Å². The predicted octanol–water partition coefficient (Wildman–Crippen LogP) is 4.49. The van der Waals surface area contributed by atoms with E-state index in [0.717, 1.165) is 29.3 Å².